The van der Waals surface area contributed by atoms with Crippen LogP contribution in [0.1, 0.15) is 27.7 Å². The van der Waals surface area contributed by atoms with Crippen molar-refractivity contribution in [2.75, 3.05) is 6.54 Å². The fraction of sp³-hybridized carbons (Fsp3) is 0.600. The van der Waals surface area contributed by atoms with Gasteiger partial charge in [0.2, 0.25) is 0 Å². The molecule has 1 heteroatoms. The van der Waals surface area contributed by atoms with Crippen LogP contribution in [0, 0.1) is 5.92 Å². The van der Waals surface area contributed by atoms with E-state index >= 15 is 0 Å². The number of allylic oxidation sites excluding steroid dienone is 3. The van der Waals surface area contributed by atoms with Gasteiger partial charge in [-0.25, -0.2) is 0 Å². The van der Waals surface area contributed by atoms with Crippen LogP contribution in [0.4, 0.5) is 0 Å². The molecule has 0 aromatic heterocycles. The lowest BCUT2D eigenvalue weighted by atomic mass is 10.00. The molecule has 1 N–H and O–H groups in total. The molecule has 62 valence electrons. The van der Waals surface area contributed by atoms with Crippen LogP contribution in [-0.4, -0.2) is 6.54 Å². The van der Waals surface area contributed by atoms with E-state index in [1.165, 1.54) is 16.8 Å². The molecule has 11 heavy (non-hydrogen) atoms. The van der Waals surface area contributed by atoms with Crippen molar-refractivity contribution in [3.8, 4) is 0 Å². The minimum Gasteiger partial charge on any atom is -0.384 e. The monoisotopic (exact) mass is 151 g/mol. The van der Waals surface area contributed by atoms with Crippen LogP contribution in [0.3, 0.4) is 0 Å². The van der Waals surface area contributed by atoms with Crippen LogP contribution >= 0.6 is 0 Å². The van der Waals surface area contributed by atoms with E-state index in [0.29, 0.717) is 5.92 Å². The smallest absolute Gasteiger partial charge is 0.0357 e. The zero-order chi connectivity index (χ0) is 8.43. The van der Waals surface area contributed by atoms with Gasteiger partial charge in [0.05, 0.1) is 0 Å². The fourth-order valence-electron chi connectivity index (χ4n) is 1.53. The van der Waals surface area contributed by atoms with Gasteiger partial charge >= 0.3 is 0 Å². The molecule has 0 saturated carbocycles. The first-order valence-corrected chi connectivity index (χ1v) is 4.23. The van der Waals surface area contributed by atoms with Gasteiger partial charge in [0.15, 0.2) is 0 Å². The minimum absolute atomic E-state index is 0.624. The molecule has 0 atom stereocenters. The van der Waals surface area contributed by atoms with Crippen LogP contribution in [-0.2, 0) is 0 Å². The molecule has 0 aromatic carbocycles. The maximum Gasteiger partial charge on any atom is 0.0357 e. The first kappa shape index (κ1) is 8.38. The van der Waals surface area contributed by atoms with Gasteiger partial charge in [0.25, 0.3) is 0 Å². The highest BCUT2D eigenvalue weighted by molar-refractivity contribution is 5.31. The predicted molar refractivity (Wildman–Crippen MR) is 49.3 cm³/mol. The molecule has 0 spiro atoms. The second-order valence-electron chi connectivity index (χ2n) is 3.60. The van der Waals surface area contributed by atoms with E-state index in [0.717, 1.165) is 6.54 Å². The van der Waals surface area contributed by atoms with Crippen LogP contribution in [0.15, 0.2) is 22.9 Å². The molecule has 0 radical (unpaired) electrons. The zero-order valence-corrected chi connectivity index (χ0v) is 7.86. The Labute approximate surface area is 69.2 Å². The second-order valence-corrected chi connectivity index (χ2v) is 3.60. The third-order valence-corrected chi connectivity index (χ3v) is 2.02. The Balaban J connectivity index is 2.86. The van der Waals surface area contributed by atoms with Gasteiger partial charge < -0.3 is 5.32 Å². The third kappa shape index (κ3) is 1.86. The van der Waals surface area contributed by atoms with E-state index in [1.54, 1.807) is 0 Å². The van der Waals surface area contributed by atoms with Crippen LogP contribution < -0.4 is 5.32 Å². The number of dihydropyridines is 1. The Morgan fingerprint density at radius 3 is 2.45 bits per heavy atom. The Morgan fingerprint density at radius 2 is 2.00 bits per heavy atom. The average molecular weight is 151 g/mol. The summed E-state index contributed by atoms with van der Waals surface area (Å²) in [6.07, 6.45) is 2.27. The quantitative estimate of drug-likeness (QED) is 0.607. The topological polar surface area (TPSA) is 12.0 Å². The summed E-state index contributed by atoms with van der Waals surface area (Å²) < 4.78 is 0. The largest absolute Gasteiger partial charge is 0.384 e. The Kier molecular flexibility index (Phi) is 2.38. The first-order valence-electron chi connectivity index (χ1n) is 4.23. The van der Waals surface area contributed by atoms with Crippen molar-refractivity contribution in [1.29, 1.82) is 0 Å². The van der Waals surface area contributed by atoms with E-state index in [2.05, 4.69) is 39.1 Å². The molecule has 1 aliphatic rings. The predicted octanol–water partition coefficient (Wildman–Crippen LogP) is 2.47. The summed E-state index contributed by atoms with van der Waals surface area (Å²) >= 11 is 0. The molecule has 0 fully saturated rings. The van der Waals surface area contributed by atoms with Crippen molar-refractivity contribution >= 4 is 0 Å². The van der Waals surface area contributed by atoms with Crippen molar-refractivity contribution in [1.82, 2.24) is 5.32 Å². The molecule has 0 aromatic rings. The van der Waals surface area contributed by atoms with Crippen LogP contribution in [0.5, 0.6) is 0 Å². The van der Waals surface area contributed by atoms with Crippen molar-refractivity contribution in [3.05, 3.63) is 22.9 Å². The number of nitrogens with one attached hydrogen (secondary N) is 1. The Hall–Kier alpha value is -0.720. The lowest BCUT2D eigenvalue weighted by molar-refractivity contribution is 0.655. The fourth-order valence-corrected chi connectivity index (χ4v) is 1.53. The highest BCUT2D eigenvalue weighted by Crippen LogP contribution is 2.17. The van der Waals surface area contributed by atoms with Gasteiger partial charge in [-0.05, 0) is 25.3 Å². The normalized spacial score (nSPS) is 18.5. The zero-order valence-electron chi connectivity index (χ0n) is 7.86. The highest BCUT2D eigenvalue weighted by atomic mass is 14.9. The van der Waals surface area contributed by atoms with E-state index in [1.807, 2.05) is 0 Å². The summed E-state index contributed by atoms with van der Waals surface area (Å²) in [6, 6.07) is 0. The molecule has 1 aliphatic heterocycles. The van der Waals surface area contributed by atoms with Gasteiger partial charge in [-0.1, -0.05) is 25.5 Å². The summed E-state index contributed by atoms with van der Waals surface area (Å²) in [6.45, 7) is 9.80. The van der Waals surface area contributed by atoms with E-state index < -0.39 is 0 Å². The van der Waals surface area contributed by atoms with Gasteiger partial charge in [-0.2, -0.15) is 0 Å². The summed E-state index contributed by atoms with van der Waals surface area (Å²) in [5, 5.41) is 3.43. The van der Waals surface area contributed by atoms with Crippen molar-refractivity contribution < 1.29 is 0 Å². The van der Waals surface area contributed by atoms with E-state index in [4.69, 9.17) is 0 Å². The second kappa shape index (κ2) is 3.12. The van der Waals surface area contributed by atoms with Gasteiger partial charge in [0.1, 0.15) is 0 Å². The number of hydrogen-bond acceptors (Lipinski definition) is 1. The molecule has 0 saturated heterocycles. The molecule has 0 unspecified atom stereocenters. The van der Waals surface area contributed by atoms with Crippen LogP contribution in [0.25, 0.3) is 0 Å². The summed E-state index contributed by atoms with van der Waals surface area (Å²) in [5.74, 6) is 0.624. The average Bonchev–Trinajstić information content (AvgIpc) is 1.85. The number of rotatable bonds is 1. The van der Waals surface area contributed by atoms with Gasteiger partial charge in [-0.15, -0.1) is 0 Å². The summed E-state index contributed by atoms with van der Waals surface area (Å²) in [7, 11) is 0. The molecule has 0 amide bonds. The molecule has 0 aliphatic carbocycles. The maximum absolute atomic E-state index is 3.43. The molecule has 1 nitrogen and oxygen atoms in total. The summed E-state index contributed by atoms with van der Waals surface area (Å²) in [5.41, 5.74) is 4.21. The van der Waals surface area contributed by atoms with Crippen molar-refractivity contribution in [2.45, 2.75) is 27.7 Å². The standard InChI is InChI=1S/C10H17N/c1-7(2)10-9(4)5-8(3)6-11-10/h5,7,11H,6H2,1-4H3. The lowest BCUT2D eigenvalue weighted by Crippen LogP contribution is -2.23. The highest BCUT2D eigenvalue weighted by Gasteiger charge is 2.09. The third-order valence-electron chi connectivity index (χ3n) is 2.02. The van der Waals surface area contributed by atoms with Crippen LogP contribution in [0.2, 0.25) is 0 Å². The molecular formula is C10H17N. The first-order chi connectivity index (χ1) is 5.11. The minimum atomic E-state index is 0.624. The lowest BCUT2D eigenvalue weighted by Gasteiger charge is -2.21. The molecular weight excluding hydrogens is 134 g/mol. The van der Waals surface area contributed by atoms with E-state index in [9.17, 15) is 0 Å². The SMILES string of the molecule is CC1=CC(C)=C(C(C)C)NC1. The van der Waals surface area contributed by atoms with E-state index in [-0.39, 0.29) is 0 Å². The molecule has 0 bridgehead atoms. The van der Waals surface area contributed by atoms with Crippen molar-refractivity contribution in [3.63, 3.8) is 0 Å². The number of hydrogen-bond donors (Lipinski definition) is 1. The molecule has 1 rings (SSSR count). The van der Waals surface area contributed by atoms with Gasteiger partial charge in [-0.3, -0.25) is 0 Å². The van der Waals surface area contributed by atoms with Crippen molar-refractivity contribution in [2.24, 2.45) is 5.92 Å². The maximum atomic E-state index is 3.43. The Morgan fingerprint density at radius 1 is 1.36 bits per heavy atom. The Bertz CT molecular complexity index is 209. The molecule has 1 heterocycles. The summed E-state index contributed by atoms with van der Waals surface area (Å²) in [4.78, 5) is 0. The van der Waals surface area contributed by atoms with Gasteiger partial charge in [0, 0.05) is 12.2 Å².